The lowest BCUT2D eigenvalue weighted by Crippen LogP contribution is -2.35. The molecular formula is C10H15NO2S. The summed E-state index contributed by atoms with van der Waals surface area (Å²) in [6, 6.07) is 3.90. The van der Waals surface area contributed by atoms with Crippen molar-refractivity contribution in [3.8, 4) is 0 Å². The summed E-state index contributed by atoms with van der Waals surface area (Å²) in [5, 5.41) is 5.16. The van der Waals surface area contributed by atoms with Gasteiger partial charge in [-0.1, -0.05) is 6.07 Å². The molecule has 1 aromatic rings. The van der Waals surface area contributed by atoms with Crippen molar-refractivity contribution in [1.29, 1.82) is 0 Å². The Balaban J connectivity index is 2.18. The largest absolute Gasteiger partial charge is 0.468 e. The Morgan fingerprint density at radius 2 is 2.50 bits per heavy atom. The van der Waals surface area contributed by atoms with E-state index in [1.807, 2.05) is 6.07 Å². The summed E-state index contributed by atoms with van der Waals surface area (Å²) >= 11 is 1.73. The van der Waals surface area contributed by atoms with Gasteiger partial charge in [-0.3, -0.25) is 4.79 Å². The highest BCUT2D eigenvalue weighted by Gasteiger charge is 2.10. The molecule has 0 saturated carbocycles. The first kappa shape index (κ1) is 11.2. The van der Waals surface area contributed by atoms with Gasteiger partial charge in [-0.2, -0.15) is 0 Å². The Morgan fingerprint density at radius 3 is 3.07 bits per heavy atom. The van der Waals surface area contributed by atoms with Gasteiger partial charge < -0.3 is 10.1 Å². The van der Waals surface area contributed by atoms with Crippen molar-refractivity contribution < 1.29 is 9.53 Å². The lowest BCUT2D eigenvalue weighted by Gasteiger charge is -2.10. The molecule has 0 aliphatic carbocycles. The number of carbonyl (C=O) groups is 1. The summed E-state index contributed by atoms with van der Waals surface area (Å²) < 4.78 is 4.60. The Labute approximate surface area is 88.1 Å². The van der Waals surface area contributed by atoms with E-state index in [9.17, 15) is 4.79 Å². The van der Waals surface area contributed by atoms with Gasteiger partial charge in [0.2, 0.25) is 0 Å². The van der Waals surface area contributed by atoms with Gasteiger partial charge in [-0.05, 0) is 24.8 Å². The molecule has 3 nitrogen and oxygen atoms in total. The molecule has 0 aromatic carbocycles. The van der Waals surface area contributed by atoms with Crippen LogP contribution in [0, 0.1) is 0 Å². The highest BCUT2D eigenvalue weighted by atomic mass is 32.1. The number of nitrogens with one attached hydrogen (secondary N) is 1. The smallest absolute Gasteiger partial charge is 0.322 e. The number of methoxy groups -OCH3 is 1. The minimum atomic E-state index is -0.222. The van der Waals surface area contributed by atoms with Gasteiger partial charge in [0.25, 0.3) is 0 Å². The Hall–Kier alpha value is -0.870. The molecule has 0 amide bonds. The number of hydrogen-bond donors (Lipinski definition) is 1. The summed E-state index contributed by atoms with van der Waals surface area (Å²) in [5.74, 6) is -0.212. The molecule has 0 bridgehead atoms. The summed E-state index contributed by atoms with van der Waals surface area (Å²) in [7, 11) is 1.40. The molecule has 1 N–H and O–H groups in total. The zero-order chi connectivity index (χ0) is 10.4. The predicted octanol–water partition coefficient (Wildman–Crippen LogP) is 1.44. The maximum absolute atomic E-state index is 11.0. The van der Waals surface area contributed by atoms with Gasteiger partial charge in [-0.25, -0.2) is 0 Å². The van der Waals surface area contributed by atoms with Crippen LogP contribution in [-0.2, 0) is 16.0 Å². The Morgan fingerprint density at radius 1 is 1.71 bits per heavy atom. The molecule has 1 unspecified atom stereocenters. The molecule has 4 heteroatoms. The normalized spacial score (nSPS) is 12.4. The second kappa shape index (κ2) is 5.78. The Bertz CT molecular complexity index is 272. The first-order valence-electron chi connectivity index (χ1n) is 4.57. The van der Waals surface area contributed by atoms with E-state index in [0.29, 0.717) is 0 Å². The van der Waals surface area contributed by atoms with Gasteiger partial charge >= 0.3 is 5.97 Å². The van der Waals surface area contributed by atoms with Gasteiger partial charge in [0.1, 0.15) is 6.04 Å². The number of hydrogen-bond acceptors (Lipinski definition) is 4. The molecule has 0 spiro atoms. The molecule has 1 heterocycles. The van der Waals surface area contributed by atoms with Crippen molar-refractivity contribution in [2.75, 3.05) is 13.7 Å². The molecular weight excluding hydrogens is 198 g/mol. The van der Waals surface area contributed by atoms with E-state index in [1.54, 1.807) is 18.3 Å². The van der Waals surface area contributed by atoms with Crippen LogP contribution in [0.4, 0.5) is 0 Å². The van der Waals surface area contributed by atoms with E-state index >= 15 is 0 Å². The van der Waals surface area contributed by atoms with Crippen LogP contribution in [0.1, 0.15) is 11.8 Å². The van der Waals surface area contributed by atoms with Crippen LogP contribution in [0.25, 0.3) is 0 Å². The van der Waals surface area contributed by atoms with E-state index in [-0.39, 0.29) is 12.0 Å². The molecule has 78 valence electrons. The fourth-order valence-electron chi connectivity index (χ4n) is 1.13. The number of thiophene rings is 1. The molecule has 0 radical (unpaired) electrons. The third kappa shape index (κ3) is 3.47. The maximum atomic E-state index is 11.0. The van der Waals surface area contributed by atoms with Gasteiger partial charge in [0.05, 0.1) is 7.11 Å². The zero-order valence-corrected chi connectivity index (χ0v) is 9.26. The van der Waals surface area contributed by atoms with Crippen LogP contribution in [0.15, 0.2) is 17.5 Å². The van der Waals surface area contributed by atoms with Crippen LogP contribution in [-0.4, -0.2) is 25.7 Å². The molecule has 0 saturated heterocycles. The third-order valence-electron chi connectivity index (χ3n) is 1.96. The lowest BCUT2D eigenvalue weighted by atomic mass is 10.3. The van der Waals surface area contributed by atoms with Crippen LogP contribution in [0.3, 0.4) is 0 Å². The summed E-state index contributed by atoms with van der Waals surface area (Å²) in [5.41, 5.74) is 0. The van der Waals surface area contributed by atoms with Gasteiger partial charge in [0, 0.05) is 11.4 Å². The standard InChI is InChI=1S/C10H15NO2S/c1-8(10(12)13-2)11-6-5-9-4-3-7-14-9/h3-4,7-8,11H,5-6H2,1-2H3. The fraction of sp³-hybridized carbons (Fsp3) is 0.500. The van der Waals surface area contributed by atoms with Crippen LogP contribution in [0.5, 0.6) is 0 Å². The number of carbonyl (C=O) groups excluding carboxylic acids is 1. The van der Waals surface area contributed by atoms with E-state index in [1.165, 1.54) is 12.0 Å². The fourth-order valence-corrected chi connectivity index (χ4v) is 1.84. The van der Waals surface area contributed by atoms with E-state index in [4.69, 9.17) is 0 Å². The Kier molecular flexibility index (Phi) is 4.62. The molecule has 1 aromatic heterocycles. The minimum absolute atomic E-state index is 0.212. The third-order valence-corrected chi connectivity index (χ3v) is 2.89. The quantitative estimate of drug-likeness (QED) is 0.752. The number of ether oxygens (including phenoxy) is 1. The number of rotatable bonds is 5. The molecule has 1 atom stereocenters. The second-order valence-electron chi connectivity index (χ2n) is 3.03. The zero-order valence-electron chi connectivity index (χ0n) is 8.45. The SMILES string of the molecule is COC(=O)C(C)NCCc1cccs1. The van der Waals surface area contributed by atoms with Gasteiger partial charge in [-0.15, -0.1) is 11.3 Å². The van der Waals surface area contributed by atoms with Crippen molar-refractivity contribution in [1.82, 2.24) is 5.32 Å². The van der Waals surface area contributed by atoms with Crippen molar-refractivity contribution in [2.24, 2.45) is 0 Å². The van der Waals surface area contributed by atoms with E-state index < -0.39 is 0 Å². The van der Waals surface area contributed by atoms with Crippen LogP contribution < -0.4 is 5.32 Å². The summed E-state index contributed by atoms with van der Waals surface area (Å²) in [6.07, 6.45) is 0.957. The molecule has 1 rings (SSSR count). The highest BCUT2D eigenvalue weighted by Crippen LogP contribution is 2.08. The van der Waals surface area contributed by atoms with E-state index in [0.717, 1.165) is 13.0 Å². The average molecular weight is 213 g/mol. The first-order chi connectivity index (χ1) is 6.74. The predicted molar refractivity (Wildman–Crippen MR) is 57.5 cm³/mol. The molecule has 0 fully saturated rings. The summed E-state index contributed by atoms with van der Waals surface area (Å²) in [6.45, 7) is 2.61. The van der Waals surface area contributed by atoms with Crippen molar-refractivity contribution in [3.63, 3.8) is 0 Å². The maximum Gasteiger partial charge on any atom is 0.322 e. The highest BCUT2D eigenvalue weighted by molar-refractivity contribution is 7.09. The number of esters is 1. The first-order valence-corrected chi connectivity index (χ1v) is 5.45. The van der Waals surface area contributed by atoms with Crippen LogP contribution in [0.2, 0.25) is 0 Å². The average Bonchev–Trinajstić information content (AvgIpc) is 2.69. The van der Waals surface area contributed by atoms with Crippen molar-refractivity contribution in [2.45, 2.75) is 19.4 Å². The molecule has 0 aliphatic heterocycles. The van der Waals surface area contributed by atoms with E-state index in [2.05, 4.69) is 21.5 Å². The molecule has 14 heavy (non-hydrogen) atoms. The summed E-state index contributed by atoms with van der Waals surface area (Å²) in [4.78, 5) is 12.4. The van der Waals surface area contributed by atoms with Crippen LogP contribution >= 0.6 is 11.3 Å². The lowest BCUT2D eigenvalue weighted by molar-refractivity contribution is -0.142. The monoisotopic (exact) mass is 213 g/mol. The topological polar surface area (TPSA) is 38.3 Å². The minimum Gasteiger partial charge on any atom is -0.468 e. The van der Waals surface area contributed by atoms with Crippen molar-refractivity contribution in [3.05, 3.63) is 22.4 Å². The molecule has 0 aliphatic rings. The van der Waals surface area contributed by atoms with Crippen molar-refractivity contribution >= 4 is 17.3 Å². The van der Waals surface area contributed by atoms with Gasteiger partial charge in [0.15, 0.2) is 0 Å². The second-order valence-corrected chi connectivity index (χ2v) is 4.06.